The fraction of sp³-hybridized carbons (Fsp3) is 0.407. The maximum absolute atomic E-state index is 14.8. The van der Waals surface area contributed by atoms with Crippen LogP contribution in [0.2, 0.25) is 10.2 Å². The molecule has 1 fully saturated rings. The van der Waals surface area contributed by atoms with Crippen LogP contribution in [-0.2, 0) is 15.1 Å². The number of amidine groups is 1. The highest BCUT2D eigenvalue weighted by Gasteiger charge is 2.54. The number of hydrogen-bond donors (Lipinski definition) is 1. The first-order valence-corrected chi connectivity index (χ1v) is 13.9. The van der Waals surface area contributed by atoms with Crippen LogP contribution in [-0.4, -0.2) is 49.0 Å². The van der Waals surface area contributed by atoms with Crippen molar-refractivity contribution < 1.29 is 19.1 Å². The molecule has 0 radical (unpaired) electrons. The van der Waals surface area contributed by atoms with Crippen molar-refractivity contribution in [3.63, 3.8) is 0 Å². The van der Waals surface area contributed by atoms with E-state index in [1.165, 1.54) is 28.8 Å². The van der Waals surface area contributed by atoms with E-state index in [1.807, 2.05) is 38.7 Å². The number of amides is 1. The van der Waals surface area contributed by atoms with Crippen molar-refractivity contribution in [2.24, 2.45) is 10.9 Å². The number of nitrogens with zero attached hydrogens (tertiary/aromatic N) is 4. The molecule has 200 valence electrons. The number of hydrogen-bond acceptors (Lipinski definition) is 6. The van der Waals surface area contributed by atoms with Gasteiger partial charge in [-0.05, 0) is 68.1 Å². The highest BCUT2D eigenvalue weighted by Crippen LogP contribution is 2.56. The molecule has 1 aromatic heterocycles. The summed E-state index contributed by atoms with van der Waals surface area (Å²) >= 11 is 13.3. The van der Waals surface area contributed by atoms with Crippen molar-refractivity contribution >= 4 is 52.0 Å². The van der Waals surface area contributed by atoms with Crippen molar-refractivity contribution in [1.29, 1.82) is 0 Å². The van der Waals surface area contributed by atoms with Gasteiger partial charge in [0.25, 0.3) is 5.91 Å². The van der Waals surface area contributed by atoms with E-state index in [2.05, 4.69) is 4.98 Å². The molecule has 0 bridgehead atoms. The molecule has 38 heavy (non-hydrogen) atoms. The van der Waals surface area contributed by atoms with Crippen LogP contribution in [0.15, 0.2) is 52.1 Å². The molecular weight excluding hydrogens is 550 g/mol. The summed E-state index contributed by atoms with van der Waals surface area (Å²) in [5.41, 5.74) is 1.25. The number of fused-ring (bicyclic) bond motifs is 1. The number of halogens is 3. The quantitative estimate of drug-likeness (QED) is 0.424. The van der Waals surface area contributed by atoms with E-state index in [1.54, 1.807) is 18.3 Å². The summed E-state index contributed by atoms with van der Waals surface area (Å²) in [6.45, 7) is 7.78. The number of carbonyl (C=O) groups excluding carboxylic acids is 1. The second-order valence-corrected chi connectivity index (χ2v) is 12.1. The molecule has 0 unspecified atom stereocenters. The summed E-state index contributed by atoms with van der Waals surface area (Å²) in [7, 11) is 0. The lowest BCUT2D eigenvalue weighted by Crippen LogP contribution is -2.44. The van der Waals surface area contributed by atoms with Crippen LogP contribution in [0, 0.1) is 11.7 Å². The number of pyridine rings is 1. The van der Waals surface area contributed by atoms with E-state index in [-0.39, 0.29) is 22.9 Å². The van der Waals surface area contributed by atoms with E-state index < -0.39 is 29.4 Å². The number of carboxylic acid groups (broad SMARTS) is 1. The highest BCUT2D eigenvalue weighted by molar-refractivity contribution is 8.18. The van der Waals surface area contributed by atoms with Gasteiger partial charge in [-0.2, -0.15) is 0 Å². The number of allylic oxidation sites excluding steroid dienone is 1. The molecule has 1 N–H and O–H groups in total. The van der Waals surface area contributed by atoms with Crippen molar-refractivity contribution in [1.82, 2.24) is 14.8 Å². The number of likely N-dealkylation sites (tertiary alicyclic amines) is 1. The molecular formula is C27H27Cl2FN4O3S. The number of aromatic nitrogens is 1. The summed E-state index contributed by atoms with van der Waals surface area (Å²) in [5, 5.41) is 10.7. The number of benzene rings is 1. The molecule has 5 rings (SSSR count). The van der Waals surface area contributed by atoms with Gasteiger partial charge in [0.2, 0.25) is 0 Å². The summed E-state index contributed by atoms with van der Waals surface area (Å²) in [6, 6.07) is 6.63. The topological polar surface area (TPSA) is 86.1 Å². The molecule has 4 atom stereocenters. The Hall–Kier alpha value is -2.62. The lowest BCUT2D eigenvalue weighted by Gasteiger charge is -2.37. The molecule has 3 aliphatic rings. The average molecular weight is 578 g/mol. The zero-order valence-corrected chi connectivity index (χ0v) is 23.6. The zero-order chi connectivity index (χ0) is 27.5. The number of thioether (sulfide) groups is 1. The summed E-state index contributed by atoms with van der Waals surface area (Å²) < 4.78 is 14.8. The van der Waals surface area contributed by atoms with Crippen LogP contribution in [0.25, 0.3) is 0 Å². The second kappa shape index (κ2) is 9.84. The second-order valence-electron chi connectivity index (χ2n) is 10.3. The van der Waals surface area contributed by atoms with Crippen LogP contribution in [0.1, 0.15) is 57.7 Å². The van der Waals surface area contributed by atoms with Crippen LogP contribution in [0.5, 0.6) is 0 Å². The Kier molecular flexibility index (Phi) is 6.99. The molecule has 7 nitrogen and oxygen atoms in total. The zero-order valence-electron chi connectivity index (χ0n) is 21.3. The Morgan fingerprint density at radius 2 is 1.95 bits per heavy atom. The number of carbonyl (C=O) groups is 2. The average Bonchev–Trinajstić information content (AvgIpc) is 3.50. The monoisotopic (exact) mass is 576 g/mol. The van der Waals surface area contributed by atoms with Gasteiger partial charge in [-0.3, -0.25) is 4.79 Å². The standard InChI is InChI=1S/C27H27Cl2FN4O3S/c1-13(2)21-22(24(35)33-14(3)5-9-19(33)25(36)37)38-26-32-27(4,16-7-10-20(29)31-12-16)23(34(21)26)15-6-8-17(28)18(30)11-15/h6-8,10-14,19,23H,5,9H2,1-4H3,(H,36,37)/t14-,19+,23-,27+/m1/s1. The minimum Gasteiger partial charge on any atom is -0.480 e. The number of aliphatic carboxylic acids is 1. The van der Waals surface area contributed by atoms with Crippen LogP contribution < -0.4 is 0 Å². The van der Waals surface area contributed by atoms with Gasteiger partial charge in [-0.15, -0.1) is 0 Å². The van der Waals surface area contributed by atoms with E-state index in [0.717, 1.165) is 11.3 Å². The summed E-state index contributed by atoms with van der Waals surface area (Å²) in [5.74, 6) is -1.99. The van der Waals surface area contributed by atoms with Crippen molar-refractivity contribution in [3.05, 3.63) is 74.3 Å². The number of aliphatic imine (C=N–C) groups is 1. The fourth-order valence-corrected chi connectivity index (χ4v) is 7.26. The molecule has 4 heterocycles. The normalized spacial score (nSPS) is 26.8. The van der Waals surface area contributed by atoms with Gasteiger partial charge in [-0.1, -0.05) is 49.2 Å². The first-order valence-electron chi connectivity index (χ1n) is 12.4. The van der Waals surface area contributed by atoms with Gasteiger partial charge < -0.3 is 14.9 Å². The Morgan fingerprint density at radius 3 is 2.55 bits per heavy atom. The first-order chi connectivity index (χ1) is 17.9. The smallest absolute Gasteiger partial charge is 0.326 e. The Labute approximate surface area is 234 Å². The molecule has 1 aromatic carbocycles. The largest absolute Gasteiger partial charge is 0.480 e. The summed E-state index contributed by atoms with van der Waals surface area (Å²) in [4.78, 5) is 39.1. The predicted octanol–water partition coefficient (Wildman–Crippen LogP) is 6.23. The van der Waals surface area contributed by atoms with Gasteiger partial charge in [0.05, 0.1) is 11.1 Å². The Morgan fingerprint density at radius 1 is 1.21 bits per heavy atom. The molecule has 11 heteroatoms. The van der Waals surface area contributed by atoms with E-state index >= 15 is 0 Å². The van der Waals surface area contributed by atoms with Crippen LogP contribution in [0.3, 0.4) is 0 Å². The lowest BCUT2D eigenvalue weighted by molar-refractivity contribution is -0.147. The number of carboxylic acids is 1. The summed E-state index contributed by atoms with van der Waals surface area (Å²) in [6.07, 6.45) is 2.69. The molecule has 1 amide bonds. The molecule has 2 aromatic rings. The van der Waals surface area contributed by atoms with Crippen molar-refractivity contribution in [2.45, 2.75) is 64.2 Å². The van der Waals surface area contributed by atoms with Gasteiger partial charge >= 0.3 is 5.97 Å². The van der Waals surface area contributed by atoms with Gasteiger partial charge in [0.15, 0.2) is 5.17 Å². The predicted molar refractivity (Wildman–Crippen MR) is 146 cm³/mol. The van der Waals surface area contributed by atoms with E-state index in [0.29, 0.717) is 33.6 Å². The molecule has 1 saturated heterocycles. The third kappa shape index (κ3) is 4.28. The van der Waals surface area contributed by atoms with Crippen molar-refractivity contribution in [2.75, 3.05) is 0 Å². The maximum atomic E-state index is 14.8. The van der Waals surface area contributed by atoms with Gasteiger partial charge in [0, 0.05) is 23.5 Å². The Bertz CT molecular complexity index is 1380. The van der Waals surface area contributed by atoms with Crippen molar-refractivity contribution in [3.8, 4) is 0 Å². The first kappa shape index (κ1) is 27.0. The van der Waals surface area contributed by atoms with Gasteiger partial charge in [0.1, 0.15) is 27.5 Å². The molecule has 3 aliphatic heterocycles. The molecule has 0 spiro atoms. The molecule has 0 saturated carbocycles. The number of rotatable bonds is 5. The van der Waals surface area contributed by atoms with E-state index in [4.69, 9.17) is 28.2 Å². The molecule has 0 aliphatic carbocycles. The third-order valence-corrected chi connectivity index (χ3v) is 9.10. The minimum atomic E-state index is -1.01. The fourth-order valence-electron chi connectivity index (χ4n) is 5.68. The van der Waals surface area contributed by atoms with Crippen LogP contribution in [0.4, 0.5) is 4.39 Å². The highest BCUT2D eigenvalue weighted by atomic mass is 35.5. The lowest BCUT2D eigenvalue weighted by atomic mass is 9.81. The van der Waals surface area contributed by atoms with E-state index in [9.17, 15) is 19.1 Å². The van der Waals surface area contributed by atoms with Gasteiger partial charge in [-0.25, -0.2) is 19.2 Å². The maximum Gasteiger partial charge on any atom is 0.326 e. The SMILES string of the molecule is CC(C)C1=C(C(=O)N2[C@H](C)CC[C@H]2C(=O)O)SC2=N[C@@](C)(c3ccc(Cl)nc3)[C@@H](c3ccc(Cl)c(F)c3)N21. The Balaban J connectivity index is 1.66. The minimum absolute atomic E-state index is 0.0109. The van der Waals surface area contributed by atoms with Crippen LogP contribution >= 0.6 is 35.0 Å². The third-order valence-electron chi connectivity index (χ3n) is 7.51.